The number of nitrogens with one attached hydrogen (secondary N) is 3. The second kappa shape index (κ2) is 9.91. The molecule has 0 saturated heterocycles. The molecule has 31 heavy (non-hydrogen) atoms. The number of hydrogen-bond donors (Lipinski definition) is 3. The van der Waals surface area contributed by atoms with E-state index in [4.69, 9.17) is 0 Å². The van der Waals surface area contributed by atoms with Crippen LogP contribution in [-0.4, -0.2) is 33.3 Å². The lowest BCUT2D eigenvalue weighted by atomic mass is 10.1. The first-order valence-corrected chi connectivity index (χ1v) is 11.7. The van der Waals surface area contributed by atoms with E-state index in [0.29, 0.717) is 6.54 Å². The molecule has 0 atom stereocenters. The molecule has 1 aliphatic rings. The number of aryl methyl sites for hydroxylation is 1. The Labute approximate surface area is 181 Å². The standard InChI is InChI=1S/C22H26FN3O4S/c1-15-14-17(10-11-19(15)23)31(29,30)26-20-9-5-4-8-18(20)22(28)25-13-12-24-21(27)16-6-2-3-7-16/h4-5,8-11,14,16,26H,2-3,6-7,12-13H2,1H3,(H,24,27)(H,25,28). The first-order valence-electron chi connectivity index (χ1n) is 10.2. The van der Waals surface area contributed by atoms with Crippen molar-refractivity contribution in [3.63, 3.8) is 0 Å². The van der Waals surface area contributed by atoms with Crippen LogP contribution in [0.5, 0.6) is 0 Å². The molecular weight excluding hydrogens is 421 g/mol. The third-order valence-corrected chi connectivity index (χ3v) is 6.65. The van der Waals surface area contributed by atoms with Crippen molar-refractivity contribution >= 4 is 27.5 Å². The molecule has 2 aromatic rings. The van der Waals surface area contributed by atoms with Crippen LogP contribution in [0.4, 0.5) is 10.1 Å². The molecule has 1 fully saturated rings. The number of benzene rings is 2. The maximum Gasteiger partial charge on any atom is 0.261 e. The lowest BCUT2D eigenvalue weighted by Gasteiger charge is -2.14. The zero-order valence-electron chi connectivity index (χ0n) is 17.3. The van der Waals surface area contributed by atoms with Crippen molar-refractivity contribution in [3.05, 3.63) is 59.4 Å². The summed E-state index contributed by atoms with van der Waals surface area (Å²) in [7, 11) is -4.01. The number of halogens is 1. The van der Waals surface area contributed by atoms with Gasteiger partial charge >= 0.3 is 0 Å². The van der Waals surface area contributed by atoms with E-state index in [9.17, 15) is 22.4 Å². The minimum absolute atomic E-state index is 0.00880. The van der Waals surface area contributed by atoms with Crippen molar-refractivity contribution in [1.82, 2.24) is 10.6 Å². The number of anilines is 1. The minimum atomic E-state index is -4.01. The van der Waals surface area contributed by atoms with E-state index < -0.39 is 21.7 Å². The highest BCUT2D eigenvalue weighted by Gasteiger charge is 2.22. The van der Waals surface area contributed by atoms with E-state index in [1.54, 1.807) is 12.1 Å². The van der Waals surface area contributed by atoms with E-state index in [-0.39, 0.29) is 40.1 Å². The molecule has 2 amide bonds. The fourth-order valence-electron chi connectivity index (χ4n) is 3.55. The normalized spacial score (nSPS) is 14.3. The van der Waals surface area contributed by atoms with Gasteiger partial charge in [0.2, 0.25) is 5.91 Å². The van der Waals surface area contributed by atoms with Gasteiger partial charge in [0.1, 0.15) is 5.82 Å². The highest BCUT2D eigenvalue weighted by Crippen LogP contribution is 2.24. The fourth-order valence-corrected chi connectivity index (χ4v) is 4.71. The fraction of sp³-hybridized carbons (Fsp3) is 0.364. The third kappa shape index (κ3) is 5.81. The molecule has 9 heteroatoms. The van der Waals surface area contributed by atoms with Gasteiger partial charge in [0, 0.05) is 19.0 Å². The molecule has 0 radical (unpaired) electrons. The number of rotatable bonds is 8. The molecule has 3 rings (SSSR count). The van der Waals surface area contributed by atoms with Gasteiger partial charge in [-0.2, -0.15) is 0 Å². The molecule has 0 spiro atoms. The van der Waals surface area contributed by atoms with Crippen LogP contribution in [0, 0.1) is 18.7 Å². The van der Waals surface area contributed by atoms with Crippen LogP contribution in [0.25, 0.3) is 0 Å². The molecule has 1 saturated carbocycles. The van der Waals surface area contributed by atoms with Gasteiger partial charge in [-0.15, -0.1) is 0 Å². The molecule has 2 aromatic carbocycles. The van der Waals surface area contributed by atoms with Gasteiger partial charge in [0.25, 0.3) is 15.9 Å². The Kier molecular flexibility index (Phi) is 7.27. The zero-order valence-corrected chi connectivity index (χ0v) is 18.1. The van der Waals surface area contributed by atoms with Crippen LogP contribution in [-0.2, 0) is 14.8 Å². The van der Waals surface area contributed by atoms with Gasteiger partial charge in [0.15, 0.2) is 0 Å². The van der Waals surface area contributed by atoms with Crippen LogP contribution < -0.4 is 15.4 Å². The lowest BCUT2D eigenvalue weighted by molar-refractivity contribution is -0.124. The van der Waals surface area contributed by atoms with Crippen molar-refractivity contribution in [2.75, 3.05) is 17.8 Å². The number of carbonyl (C=O) groups excluding carboxylic acids is 2. The molecule has 166 valence electrons. The summed E-state index contributed by atoms with van der Waals surface area (Å²) in [5.41, 5.74) is 0.456. The molecule has 0 heterocycles. The van der Waals surface area contributed by atoms with Crippen LogP contribution in [0.15, 0.2) is 47.4 Å². The van der Waals surface area contributed by atoms with Crippen molar-refractivity contribution in [1.29, 1.82) is 0 Å². The number of sulfonamides is 1. The Bertz CT molecular complexity index is 1070. The number of hydrogen-bond acceptors (Lipinski definition) is 4. The van der Waals surface area contributed by atoms with Crippen molar-refractivity contribution < 1.29 is 22.4 Å². The average molecular weight is 448 g/mol. The average Bonchev–Trinajstić information content (AvgIpc) is 3.28. The van der Waals surface area contributed by atoms with E-state index in [1.807, 2.05) is 0 Å². The highest BCUT2D eigenvalue weighted by atomic mass is 32.2. The largest absolute Gasteiger partial charge is 0.354 e. The van der Waals surface area contributed by atoms with Gasteiger partial charge in [-0.05, 0) is 55.7 Å². The van der Waals surface area contributed by atoms with E-state index in [2.05, 4.69) is 15.4 Å². The lowest BCUT2D eigenvalue weighted by Crippen LogP contribution is -2.37. The molecule has 1 aliphatic carbocycles. The minimum Gasteiger partial charge on any atom is -0.354 e. The Hall–Kier alpha value is -2.94. The van der Waals surface area contributed by atoms with Crippen molar-refractivity contribution in [2.45, 2.75) is 37.5 Å². The van der Waals surface area contributed by atoms with Gasteiger partial charge in [0.05, 0.1) is 16.1 Å². The summed E-state index contributed by atoms with van der Waals surface area (Å²) in [5, 5.41) is 5.51. The Morgan fingerprint density at radius 3 is 2.42 bits per heavy atom. The Balaban J connectivity index is 1.61. The SMILES string of the molecule is Cc1cc(S(=O)(=O)Nc2ccccc2C(=O)NCCNC(=O)C2CCCC2)ccc1F. The summed E-state index contributed by atoms with van der Waals surface area (Å²) in [6, 6.07) is 9.68. The maximum atomic E-state index is 13.5. The summed E-state index contributed by atoms with van der Waals surface area (Å²) in [5.74, 6) is -0.905. The second-order valence-electron chi connectivity index (χ2n) is 7.59. The number of para-hydroxylation sites is 1. The topological polar surface area (TPSA) is 104 Å². The second-order valence-corrected chi connectivity index (χ2v) is 9.27. The molecule has 7 nitrogen and oxygen atoms in total. The van der Waals surface area contributed by atoms with Crippen LogP contribution in [0.1, 0.15) is 41.6 Å². The summed E-state index contributed by atoms with van der Waals surface area (Å²) < 4.78 is 41.2. The maximum absolute atomic E-state index is 13.5. The summed E-state index contributed by atoms with van der Waals surface area (Å²) >= 11 is 0. The van der Waals surface area contributed by atoms with Gasteiger partial charge in [-0.1, -0.05) is 25.0 Å². The summed E-state index contributed by atoms with van der Waals surface area (Å²) in [6.45, 7) is 1.99. The Morgan fingerprint density at radius 1 is 1.03 bits per heavy atom. The van der Waals surface area contributed by atoms with Crippen LogP contribution in [0.3, 0.4) is 0 Å². The first-order chi connectivity index (χ1) is 14.8. The van der Waals surface area contributed by atoms with Gasteiger partial charge in [-0.3, -0.25) is 14.3 Å². The van der Waals surface area contributed by atoms with E-state index >= 15 is 0 Å². The highest BCUT2D eigenvalue weighted by molar-refractivity contribution is 7.92. The molecular formula is C22H26FN3O4S. The number of amides is 2. The van der Waals surface area contributed by atoms with Gasteiger partial charge in [-0.25, -0.2) is 12.8 Å². The van der Waals surface area contributed by atoms with Crippen molar-refractivity contribution in [2.24, 2.45) is 5.92 Å². The van der Waals surface area contributed by atoms with Crippen LogP contribution >= 0.6 is 0 Å². The first kappa shape index (κ1) is 22.7. The van der Waals surface area contributed by atoms with Crippen LogP contribution in [0.2, 0.25) is 0 Å². The molecule has 0 aliphatic heterocycles. The number of carbonyl (C=O) groups is 2. The molecule has 0 aromatic heterocycles. The summed E-state index contributed by atoms with van der Waals surface area (Å²) in [6.07, 6.45) is 3.94. The smallest absolute Gasteiger partial charge is 0.261 e. The quantitative estimate of drug-likeness (QED) is 0.541. The van der Waals surface area contributed by atoms with Gasteiger partial charge < -0.3 is 10.6 Å². The van der Waals surface area contributed by atoms with E-state index in [1.165, 1.54) is 31.2 Å². The molecule has 0 unspecified atom stereocenters. The Morgan fingerprint density at radius 2 is 1.71 bits per heavy atom. The third-order valence-electron chi connectivity index (χ3n) is 5.29. The van der Waals surface area contributed by atoms with E-state index in [0.717, 1.165) is 31.7 Å². The summed E-state index contributed by atoms with van der Waals surface area (Å²) in [4.78, 5) is 24.5. The van der Waals surface area contributed by atoms with Crippen molar-refractivity contribution in [3.8, 4) is 0 Å². The molecule has 0 bridgehead atoms. The predicted molar refractivity (Wildman–Crippen MR) is 116 cm³/mol. The molecule has 3 N–H and O–H groups in total. The zero-order chi connectivity index (χ0) is 22.4. The predicted octanol–water partition coefficient (Wildman–Crippen LogP) is 2.97. The monoisotopic (exact) mass is 447 g/mol.